The van der Waals surface area contributed by atoms with E-state index in [1.165, 1.54) is 0 Å². The fourth-order valence-electron chi connectivity index (χ4n) is 3.17. The number of rotatable bonds is 14. The Balaban J connectivity index is 1.94. The number of ether oxygens (including phenoxy) is 2. The van der Waals surface area contributed by atoms with E-state index in [0.29, 0.717) is 30.0 Å². The van der Waals surface area contributed by atoms with Crippen molar-refractivity contribution in [1.29, 1.82) is 0 Å². The first-order valence-corrected chi connectivity index (χ1v) is 11.1. The molecule has 7 heteroatoms. The van der Waals surface area contributed by atoms with Crippen LogP contribution in [0.3, 0.4) is 0 Å². The van der Waals surface area contributed by atoms with Gasteiger partial charge in [-0.15, -0.1) is 0 Å². The highest BCUT2D eigenvalue weighted by Gasteiger charge is 2.16. The maximum Gasteiger partial charge on any atom is 0.330 e. The van der Waals surface area contributed by atoms with Crippen molar-refractivity contribution in [2.75, 3.05) is 45.9 Å². The fourth-order valence-corrected chi connectivity index (χ4v) is 3.17. The van der Waals surface area contributed by atoms with Crippen molar-refractivity contribution in [1.82, 2.24) is 9.80 Å². The van der Waals surface area contributed by atoms with Gasteiger partial charge >= 0.3 is 5.97 Å². The normalized spacial score (nSPS) is 10.5. The molecule has 0 unspecified atom stereocenters. The number of hydrogen-bond acceptors (Lipinski definition) is 6. The molecule has 0 aliphatic carbocycles. The summed E-state index contributed by atoms with van der Waals surface area (Å²) in [6.45, 7) is 10.7. The zero-order valence-corrected chi connectivity index (χ0v) is 19.4. The van der Waals surface area contributed by atoms with Crippen molar-refractivity contribution in [2.45, 2.75) is 13.8 Å². The Kier molecular flexibility index (Phi) is 10.8. The van der Waals surface area contributed by atoms with E-state index >= 15 is 0 Å². The van der Waals surface area contributed by atoms with Crippen molar-refractivity contribution in [3.05, 3.63) is 78.4 Å². The Morgan fingerprint density at radius 2 is 1.52 bits per heavy atom. The monoisotopic (exact) mass is 452 g/mol. The Morgan fingerprint density at radius 1 is 0.879 bits per heavy atom. The van der Waals surface area contributed by atoms with Gasteiger partial charge in [0.15, 0.2) is 12.4 Å². The van der Waals surface area contributed by atoms with E-state index in [4.69, 9.17) is 9.47 Å². The lowest BCUT2D eigenvalue weighted by molar-refractivity contribution is -0.141. The van der Waals surface area contributed by atoms with E-state index < -0.39 is 5.97 Å². The average Bonchev–Trinajstić information content (AvgIpc) is 2.86. The third-order valence-corrected chi connectivity index (χ3v) is 5.22. The van der Waals surface area contributed by atoms with Crippen LogP contribution in [0.5, 0.6) is 5.75 Å². The summed E-state index contributed by atoms with van der Waals surface area (Å²) in [4.78, 5) is 40.4. The SMILES string of the molecule is C=CC(=O)OCCN(CCN(CC)CC)C(=O)COc1ccc(C(=O)c2ccccc2)cc1. The van der Waals surface area contributed by atoms with Crippen LogP contribution in [0.1, 0.15) is 29.8 Å². The molecule has 0 bridgehead atoms. The van der Waals surface area contributed by atoms with Gasteiger partial charge in [0.2, 0.25) is 0 Å². The van der Waals surface area contributed by atoms with Crippen LogP contribution in [-0.2, 0) is 14.3 Å². The number of ketones is 1. The minimum Gasteiger partial charge on any atom is -0.484 e. The molecular formula is C26H32N2O5. The number of hydrogen-bond donors (Lipinski definition) is 0. The summed E-state index contributed by atoms with van der Waals surface area (Å²) in [7, 11) is 0. The average molecular weight is 453 g/mol. The molecule has 0 aliphatic rings. The van der Waals surface area contributed by atoms with Gasteiger partial charge in [-0.1, -0.05) is 50.8 Å². The first-order chi connectivity index (χ1) is 16.0. The van der Waals surface area contributed by atoms with E-state index in [1.807, 2.05) is 18.2 Å². The maximum atomic E-state index is 12.8. The first-order valence-electron chi connectivity index (χ1n) is 11.1. The number of carbonyl (C=O) groups excluding carboxylic acids is 3. The summed E-state index contributed by atoms with van der Waals surface area (Å²) < 4.78 is 10.7. The maximum absolute atomic E-state index is 12.8. The zero-order valence-electron chi connectivity index (χ0n) is 19.4. The summed E-state index contributed by atoms with van der Waals surface area (Å²) in [5.74, 6) is -0.307. The quantitative estimate of drug-likeness (QED) is 0.249. The highest BCUT2D eigenvalue weighted by Crippen LogP contribution is 2.15. The minimum atomic E-state index is -0.521. The van der Waals surface area contributed by atoms with Crippen molar-refractivity contribution < 1.29 is 23.9 Å². The Hall–Kier alpha value is -3.45. The molecule has 0 heterocycles. The molecule has 0 saturated carbocycles. The van der Waals surface area contributed by atoms with Gasteiger partial charge in [-0.05, 0) is 37.4 Å². The second-order valence-corrected chi connectivity index (χ2v) is 7.29. The van der Waals surface area contributed by atoms with Crippen LogP contribution in [0.4, 0.5) is 0 Å². The predicted molar refractivity (Wildman–Crippen MR) is 127 cm³/mol. The fraction of sp³-hybridized carbons (Fsp3) is 0.346. The second kappa shape index (κ2) is 13.9. The molecule has 0 saturated heterocycles. The van der Waals surface area contributed by atoms with Gasteiger partial charge in [0.1, 0.15) is 12.4 Å². The molecule has 0 aromatic heterocycles. The standard InChI is InChI=1S/C26H32N2O5/c1-4-25(30)32-19-18-28(17-16-27(5-2)6-3)24(29)20-33-23-14-12-22(13-15-23)26(31)21-10-8-7-9-11-21/h4,7-15H,1,5-6,16-20H2,2-3H3. The van der Waals surface area contributed by atoms with Crippen LogP contribution in [0.25, 0.3) is 0 Å². The Bertz CT molecular complexity index is 908. The van der Waals surface area contributed by atoms with Crippen LogP contribution in [0.2, 0.25) is 0 Å². The van der Waals surface area contributed by atoms with Crippen molar-refractivity contribution in [2.24, 2.45) is 0 Å². The van der Waals surface area contributed by atoms with Crippen LogP contribution in [0.15, 0.2) is 67.3 Å². The van der Waals surface area contributed by atoms with E-state index in [1.54, 1.807) is 41.3 Å². The van der Waals surface area contributed by atoms with Gasteiger partial charge in [0.05, 0.1) is 6.54 Å². The van der Waals surface area contributed by atoms with Gasteiger partial charge in [0.25, 0.3) is 5.91 Å². The molecule has 2 rings (SSSR count). The van der Waals surface area contributed by atoms with E-state index in [-0.39, 0.29) is 31.4 Å². The number of likely N-dealkylation sites (N-methyl/N-ethyl adjacent to an activating group) is 1. The lowest BCUT2D eigenvalue weighted by Crippen LogP contribution is -2.42. The molecule has 0 fully saturated rings. The summed E-state index contributed by atoms with van der Waals surface area (Å²) >= 11 is 0. The molecular weight excluding hydrogens is 420 g/mol. The Morgan fingerprint density at radius 3 is 2.12 bits per heavy atom. The number of nitrogens with zero attached hydrogens (tertiary/aromatic N) is 2. The molecule has 1 amide bonds. The van der Waals surface area contributed by atoms with Gasteiger partial charge in [-0.2, -0.15) is 0 Å². The van der Waals surface area contributed by atoms with Crippen molar-refractivity contribution in [3.63, 3.8) is 0 Å². The summed E-state index contributed by atoms with van der Waals surface area (Å²) in [6.07, 6.45) is 1.09. The smallest absolute Gasteiger partial charge is 0.330 e. The van der Waals surface area contributed by atoms with Crippen LogP contribution < -0.4 is 4.74 Å². The molecule has 2 aromatic rings. The lowest BCUT2D eigenvalue weighted by atomic mass is 10.0. The zero-order chi connectivity index (χ0) is 24.1. The third-order valence-electron chi connectivity index (χ3n) is 5.22. The molecule has 0 aliphatic heterocycles. The van der Waals surface area contributed by atoms with Gasteiger partial charge < -0.3 is 19.3 Å². The molecule has 2 aromatic carbocycles. The Labute approximate surface area is 195 Å². The third kappa shape index (κ3) is 8.54. The topological polar surface area (TPSA) is 76.2 Å². The number of esters is 1. The molecule has 0 spiro atoms. The molecule has 7 nitrogen and oxygen atoms in total. The highest BCUT2D eigenvalue weighted by atomic mass is 16.5. The second-order valence-electron chi connectivity index (χ2n) is 7.29. The molecule has 0 radical (unpaired) electrons. The number of carbonyl (C=O) groups is 3. The summed E-state index contributed by atoms with van der Waals surface area (Å²) in [5.41, 5.74) is 1.16. The molecule has 0 N–H and O–H groups in total. The summed E-state index contributed by atoms with van der Waals surface area (Å²) in [5, 5.41) is 0. The van der Waals surface area contributed by atoms with Gasteiger partial charge in [0, 0.05) is 30.3 Å². The van der Waals surface area contributed by atoms with Crippen LogP contribution >= 0.6 is 0 Å². The highest BCUT2D eigenvalue weighted by molar-refractivity contribution is 6.08. The van der Waals surface area contributed by atoms with Crippen LogP contribution in [0, 0.1) is 0 Å². The van der Waals surface area contributed by atoms with E-state index in [2.05, 4.69) is 25.3 Å². The van der Waals surface area contributed by atoms with E-state index in [9.17, 15) is 14.4 Å². The molecule has 176 valence electrons. The van der Waals surface area contributed by atoms with Crippen molar-refractivity contribution in [3.8, 4) is 5.75 Å². The summed E-state index contributed by atoms with van der Waals surface area (Å²) in [6, 6.07) is 15.8. The van der Waals surface area contributed by atoms with Crippen molar-refractivity contribution >= 4 is 17.7 Å². The van der Waals surface area contributed by atoms with Gasteiger partial charge in [-0.25, -0.2) is 4.79 Å². The predicted octanol–water partition coefficient (Wildman–Crippen LogP) is 3.20. The van der Waals surface area contributed by atoms with Crippen LogP contribution in [-0.4, -0.2) is 73.4 Å². The number of amides is 1. The van der Waals surface area contributed by atoms with Gasteiger partial charge in [-0.3, -0.25) is 9.59 Å². The minimum absolute atomic E-state index is 0.0742. The number of benzene rings is 2. The largest absolute Gasteiger partial charge is 0.484 e. The molecule has 0 atom stereocenters. The first kappa shape index (κ1) is 25.8. The lowest BCUT2D eigenvalue weighted by Gasteiger charge is -2.26. The van der Waals surface area contributed by atoms with E-state index in [0.717, 1.165) is 19.2 Å². The molecule has 33 heavy (non-hydrogen) atoms.